The van der Waals surface area contributed by atoms with E-state index in [1.54, 1.807) is 0 Å². The van der Waals surface area contributed by atoms with Gasteiger partial charge in [-0.1, -0.05) is 6.07 Å². The second-order valence-electron chi connectivity index (χ2n) is 2.82. The molecule has 80 valence electrons. The predicted molar refractivity (Wildman–Crippen MR) is 55.0 cm³/mol. The van der Waals surface area contributed by atoms with E-state index in [2.05, 4.69) is 17.5 Å². The number of nitrogens with one attached hydrogen (secondary N) is 1. The molecule has 1 aromatic carbocycles. The summed E-state index contributed by atoms with van der Waals surface area (Å²) in [4.78, 5) is 11.1. The Balaban J connectivity index is 2.72. The van der Waals surface area contributed by atoms with E-state index in [1.165, 1.54) is 6.07 Å². The first-order valence-corrected chi connectivity index (χ1v) is 4.43. The molecule has 0 aromatic heterocycles. The van der Waals surface area contributed by atoms with Crippen molar-refractivity contribution >= 4 is 23.2 Å². The summed E-state index contributed by atoms with van der Waals surface area (Å²) in [5.74, 6) is -1.99. The molecule has 0 aliphatic carbocycles. The molecular formula is C9H8F2N2OS. The molecule has 1 rings (SSSR count). The SMILES string of the molecule is NC(=S)NC(=O)Cc1ccc(F)cc1F. The molecule has 0 aliphatic heterocycles. The molecule has 0 fully saturated rings. The summed E-state index contributed by atoms with van der Waals surface area (Å²) in [6, 6.07) is 2.99. The maximum absolute atomic E-state index is 13.1. The van der Waals surface area contributed by atoms with Gasteiger partial charge in [-0.3, -0.25) is 4.79 Å². The van der Waals surface area contributed by atoms with E-state index in [0.29, 0.717) is 6.07 Å². The fraction of sp³-hybridized carbons (Fsp3) is 0.111. The number of benzene rings is 1. The van der Waals surface area contributed by atoms with Crippen molar-refractivity contribution in [3.05, 3.63) is 35.4 Å². The van der Waals surface area contributed by atoms with Crippen LogP contribution >= 0.6 is 12.2 Å². The average molecular weight is 230 g/mol. The number of carbonyl (C=O) groups is 1. The Morgan fingerprint density at radius 3 is 2.67 bits per heavy atom. The van der Waals surface area contributed by atoms with Crippen molar-refractivity contribution in [3.63, 3.8) is 0 Å². The van der Waals surface area contributed by atoms with Gasteiger partial charge in [0.05, 0.1) is 6.42 Å². The molecule has 0 unspecified atom stereocenters. The summed E-state index contributed by atoms with van der Waals surface area (Å²) in [7, 11) is 0. The molecule has 0 saturated carbocycles. The molecule has 6 heteroatoms. The number of rotatable bonds is 2. The lowest BCUT2D eigenvalue weighted by Crippen LogP contribution is -2.35. The summed E-state index contributed by atoms with van der Waals surface area (Å²) in [6.45, 7) is 0. The summed E-state index contributed by atoms with van der Waals surface area (Å²) in [6.07, 6.45) is -0.233. The number of thiocarbonyl (C=S) groups is 1. The molecule has 0 aliphatic rings. The maximum atomic E-state index is 13.1. The van der Waals surface area contributed by atoms with E-state index in [4.69, 9.17) is 5.73 Å². The van der Waals surface area contributed by atoms with E-state index in [-0.39, 0.29) is 17.1 Å². The van der Waals surface area contributed by atoms with Crippen LogP contribution in [0.3, 0.4) is 0 Å². The van der Waals surface area contributed by atoms with Crippen LogP contribution < -0.4 is 11.1 Å². The number of hydrogen-bond acceptors (Lipinski definition) is 2. The molecule has 3 N–H and O–H groups in total. The lowest BCUT2D eigenvalue weighted by molar-refractivity contribution is -0.119. The van der Waals surface area contributed by atoms with Crippen LogP contribution in [0.15, 0.2) is 18.2 Å². The highest BCUT2D eigenvalue weighted by Crippen LogP contribution is 2.09. The maximum Gasteiger partial charge on any atom is 0.230 e. The predicted octanol–water partition coefficient (Wildman–Crippen LogP) is 0.867. The molecule has 1 aromatic rings. The third kappa shape index (κ3) is 3.59. The van der Waals surface area contributed by atoms with Crippen molar-refractivity contribution in [1.82, 2.24) is 5.32 Å². The van der Waals surface area contributed by atoms with Crippen LogP contribution in [0.4, 0.5) is 8.78 Å². The summed E-state index contributed by atoms with van der Waals surface area (Å²) < 4.78 is 25.6. The minimum absolute atomic E-state index is 0.0881. The van der Waals surface area contributed by atoms with Crippen LogP contribution in [0.5, 0.6) is 0 Å². The van der Waals surface area contributed by atoms with Gasteiger partial charge in [0.2, 0.25) is 5.91 Å². The molecule has 0 atom stereocenters. The van der Waals surface area contributed by atoms with Crippen LogP contribution in [0.2, 0.25) is 0 Å². The first kappa shape index (κ1) is 11.5. The number of carbonyl (C=O) groups excluding carboxylic acids is 1. The third-order valence-corrected chi connectivity index (χ3v) is 1.73. The molecule has 0 spiro atoms. The van der Waals surface area contributed by atoms with Gasteiger partial charge >= 0.3 is 0 Å². The minimum atomic E-state index is -0.770. The van der Waals surface area contributed by atoms with E-state index >= 15 is 0 Å². The van der Waals surface area contributed by atoms with Crippen LogP contribution in [0.25, 0.3) is 0 Å². The van der Waals surface area contributed by atoms with E-state index in [9.17, 15) is 13.6 Å². The fourth-order valence-electron chi connectivity index (χ4n) is 1.02. The summed E-state index contributed by atoms with van der Waals surface area (Å²) in [5, 5.41) is 1.96. The average Bonchev–Trinajstić information content (AvgIpc) is 2.08. The van der Waals surface area contributed by atoms with Crippen molar-refractivity contribution in [1.29, 1.82) is 0 Å². The van der Waals surface area contributed by atoms with Gasteiger partial charge in [0.1, 0.15) is 11.6 Å². The number of halogens is 2. The molecular weight excluding hydrogens is 222 g/mol. The zero-order valence-electron chi connectivity index (χ0n) is 7.59. The second kappa shape index (κ2) is 4.79. The number of nitrogens with two attached hydrogens (primary N) is 1. The van der Waals surface area contributed by atoms with Crippen molar-refractivity contribution in [3.8, 4) is 0 Å². The largest absolute Gasteiger partial charge is 0.376 e. The highest BCUT2D eigenvalue weighted by atomic mass is 32.1. The Hall–Kier alpha value is -1.56. The van der Waals surface area contributed by atoms with Crippen LogP contribution in [0.1, 0.15) is 5.56 Å². The third-order valence-electron chi connectivity index (χ3n) is 1.63. The summed E-state index contributed by atoms with van der Waals surface area (Å²) >= 11 is 4.43. The van der Waals surface area contributed by atoms with Crippen LogP contribution in [0, 0.1) is 11.6 Å². The van der Waals surface area contributed by atoms with Gasteiger partial charge < -0.3 is 11.1 Å². The standard InChI is InChI=1S/C9H8F2N2OS/c10-6-2-1-5(7(11)4-6)3-8(14)13-9(12)15/h1-2,4H,3H2,(H3,12,13,14,15). The lowest BCUT2D eigenvalue weighted by Gasteiger charge is -2.03. The zero-order chi connectivity index (χ0) is 11.4. The van der Waals surface area contributed by atoms with Crippen LogP contribution in [-0.2, 0) is 11.2 Å². The molecule has 0 saturated heterocycles. The molecule has 0 radical (unpaired) electrons. The van der Waals surface area contributed by atoms with Gasteiger partial charge in [0, 0.05) is 6.07 Å². The van der Waals surface area contributed by atoms with Gasteiger partial charge in [-0.15, -0.1) is 0 Å². The number of amides is 1. The Morgan fingerprint density at radius 1 is 1.47 bits per heavy atom. The van der Waals surface area contributed by atoms with Gasteiger partial charge in [-0.2, -0.15) is 0 Å². The lowest BCUT2D eigenvalue weighted by atomic mass is 10.1. The van der Waals surface area contributed by atoms with Crippen molar-refractivity contribution in [2.24, 2.45) is 5.73 Å². The van der Waals surface area contributed by atoms with Crippen LogP contribution in [-0.4, -0.2) is 11.0 Å². The fourth-order valence-corrected chi connectivity index (χ4v) is 1.13. The smallest absolute Gasteiger partial charge is 0.230 e. The highest BCUT2D eigenvalue weighted by molar-refractivity contribution is 7.80. The van der Waals surface area contributed by atoms with Gasteiger partial charge in [0.25, 0.3) is 0 Å². The van der Waals surface area contributed by atoms with Crippen molar-refractivity contribution < 1.29 is 13.6 Å². The molecule has 1 amide bonds. The van der Waals surface area contributed by atoms with Crippen molar-refractivity contribution in [2.45, 2.75) is 6.42 Å². The first-order valence-electron chi connectivity index (χ1n) is 4.02. The van der Waals surface area contributed by atoms with E-state index < -0.39 is 17.5 Å². The van der Waals surface area contributed by atoms with Crippen molar-refractivity contribution in [2.75, 3.05) is 0 Å². The highest BCUT2D eigenvalue weighted by Gasteiger charge is 2.09. The second-order valence-corrected chi connectivity index (χ2v) is 3.26. The topological polar surface area (TPSA) is 55.1 Å². The Bertz CT molecular complexity index is 409. The quantitative estimate of drug-likeness (QED) is 0.741. The Labute approximate surface area is 90.3 Å². The summed E-state index contributed by atoms with van der Waals surface area (Å²) in [5.41, 5.74) is 5.14. The molecule has 15 heavy (non-hydrogen) atoms. The van der Waals surface area contributed by atoms with E-state index in [0.717, 1.165) is 6.07 Å². The molecule has 0 bridgehead atoms. The van der Waals surface area contributed by atoms with Gasteiger partial charge in [-0.25, -0.2) is 8.78 Å². The minimum Gasteiger partial charge on any atom is -0.376 e. The van der Waals surface area contributed by atoms with E-state index in [1.807, 2.05) is 0 Å². The first-order chi connectivity index (χ1) is 6.99. The van der Waals surface area contributed by atoms with Gasteiger partial charge in [-0.05, 0) is 23.8 Å². The normalized spacial score (nSPS) is 9.73. The Kier molecular flexibility index (Phi) is 3.68. The number of hydrogen-bond donors (Lipinski definition) is 2. The van der Waals surface area contributed by atoms with Gasteiger partial charge in [0.15, 0.2) is 5.11 Å². The monoisotopic (exact) mass is 230 g/mol. The Morgan fingerprint density at radius 2 is 2.13 bits per heavy atom. The molecule has 0 heterocycles. The molecule has 3 nitrogen and oxygen atoms in total. The zero-order valence-corrected chi connectivity index (χ0v) is 8.41.